The predicted molar refractivity (Wildman–Crippen MR) is 44.9 cm³/mol. The molecule has 0 bridgehead atoms. The van der Waals surface area contributed by atoms with E-state index in [2.05, 4.69) is 0 Å². The monoisotopic (exact) mass is 189 g/mol. The van der Waals surface area contributed by atoms with Gasteiger partial charge in [0.15, 0.2) is 0 Å². The first-order chi connectivity index (χ1) is 6.06. The van der Waals surface area contributed by atoms with Gasteiger partial charge in [0.25, 0.3) is 5.91 Å². The fourth-order valence-corrected chi connectivity index (χ4v) is 1.33. The highest BCUT2D eigenvalue weighted by Gasteiger charge is 2.34. The first-order valence-electron chi connectivity index (χ1n) is 4.39. The fraction of sp³-hybridized carbons (Fsp3) is 0.875. The molecule has 3 N–H and O–H groups in total. The van der Waals surface area contributed by atoms with Gasteiger partial charge in [0.2, 0.25) is 0 Å². The summed E-state index contributed by atoms with van der Waals surface area (Å²) >= 11 is 0. The van der Waals surface area contributed by atoms with Crippen molar-refractivity contribution in [2.75, 3.05) is 13.1 Å². The van der Waals surface area contributed by atoms with Crippen LogP contribution in [-0.4, -0.2) is 57.5 Å². The van der Waals surface area contributed by atoms with Crippen LogP contribution in [0.15, 0.2) is 0 Å². The van der Waals surface area contributed by atoms with Crippen molar-refractivity contribution in [1.82, 2.24) is 4.90 Å². The summed E-state index contributed by atoms with van der Waals surface area (Å²) in [4.78, 5) is 12.6. The van der Waals surface area contributed by atoms with Gasteiger partial charge in [-0.3, -0.25) is 4.79 Å². The number of hydrogen-bond acceptors (Lipinski definition) is 4. The van der Waals surface area contributed by atoms with Gasteiger partial charge in [0, 0.05) is 13.1 Å². The Morgan fingerprint density at radius 3 is 2.31 bits per heavy atom. The lowest BCUT2D eigenvalue weighted by atomic mass is 10.2. The van der Waals surface area contributed by atoms with Crippen molar-refractivity contribution in [1.29, 1.82) is 0 Å². The summed E-state index contributed by atoms with van der Waals surface area (Å²) in [5.74, 6) is -0.418. The third-order valence-electron chi connectivity index (χ3n) is 2.24. The molecule has 0 aliphatic carbocycles. The fourth-order valence-electron chi connectivity index (χ4n) is 1.33. The van der Waals surface area contributed by atoms with E-state index in [1.54, 1.807) is 6.92 Å². The van der Waals surface area contributed by atoms with Gasteiger partial charge in [-0.1, -0.05) is 6.92 Å². The van der Waals surface area contributed by atoms with E-state index in [1.807, 2.05) is 0 Å². The van der Waals surface area contributed by atoms with Crippen LogP contribution in [0.3, 0.4) is 0 Å². The largest absolute Gasteiger partial charge is 0.388 e. The Morgan fingerprint density at radius 2 is 1.92 bits per heavy atom. The number of carbonyl (C=O) groups is 1. The van der Waals surface area contributed by atoms with Crippen molar-refractivity contribution in [2.45, 2.75) is 31.7 Å². The molecule has 1 saturated heterocycles. The molecule has 0 aromatic rings. The second kappa shape index (κ2) is 4.04. The van der Waals surface area contributed by atoms with Gasteiger partial charge in [-0.15, -0.1) is 0 Å². The zero-order valence-electron chi connectivity index (χ0n) is 7.55. The minimum Gasteiger partial charge on any atom is -0.388 e. The van der Waals surface area contributed by atoms with Gasteiger partial charge >= 0.3 is 0 Å². The van der Waals surface area contributed by atoms with Crippen molar-refractivity contribution < 1.29 is 20.1 Å². The highest BCUT2D eigenvalue weighted by atomic mass is 16.3. The molecule has 3 atom stereocenters. The predicted octanol–water partition coefficient (Wildman–Crippen LogP) is -1.68. The Morgan fingerprint density at radius 1 is 1.46 bits per heavy atom. The SMILES string of the molecule is CCC(O)C(=O)N1C[C@@H](O)[C@@H](O)C1. The molecule has 0 radical (unpaired) electrons. The quantitative estimate of drug-likeness (QED) is 0.484. The Bertz CT molecular complexity index is 187. The van der Waals surface area contributed by atoms with Crippen LogP contribution in [0, 0.1) is 0 Å². The van der Waals surface area contributed by atoms with E-state index in [9.17, 15) is 9.90 Å². The van der Waals surface area contributed by atoms with Crippen LogP contribution in [0.5, 0.6) is 0 Å². The summed E-state index contributed by atoms with van der Waals surface area (Å²) in [5, 5.41) is 27.5. The molecular weight excluding hydrogens is 174 g/mol. The maximum atomic E-state index is 11.3. The maximum absolute atomic E-state index is 11.3. The average Bonchev–Trinajstić information content (AvgIpc) is 2.44. The minimum absolute atomic E-state index is 0.108. The number of rotatable bonds is 2. The normalized spacial score (nSPS) is 30.6. The minimum atomic E-state index is -1.02. The highest BCUT2D eigenvalue weighted by molar-refractivity contribution is 5.81. The molecule has 1 heterocycles. The summed E-state index contributed by atoms with van der Waals surface area (Å²) in [7, 11) is 0. The van der Waals surface area contributed by atoms with Crippen molar-refractivity contribution in [3.8, 4) is 0 Å². The second-order valence-corrected chi connectivity index (χ2v) is 3.30. The maximum Gasteiger partial charge on any atom is 0.251 e. The summed E-state index contributed by atoms with van der Waals surface area (Å²) < 4.78 is 0. The smallest absolute Gasteiger partial charge is 0.251 e. The van der Waals surface area contributed by atoms with Gasteiger partial charge in [-0.05, 0) is 6.42 Å². The number of amides is 1. The first kappa shape index (κ1) is 10.4. The Labute approximate surface area is 76.6 Å². The van der Waals surface area contributed by atoms with E-state index < -0.39 is 24.2 Å². The van der Waals surface area contributed by atoms with Gasteiger partial charge < -0.3 is 20.2 Å². The molecule has 1 amide bonds. The van der Waals surface area contributed by atoms with Crippen molar-refractivity contribution in [3.63, 3.8) is 0 Å². The lowest BCUT2D eigenvalue weighted by molar-refractivity contribution is -0.139. The van der Waals surface area contributed by atoms with E-state index >= 15 is 0 Å². The lowest BCUT2D eigenvalue weighted by Crippen LogP contribution is -2.38. The molecule has 1 aliphatic heterocycles. The molecule has 76 valence electrons. The molecule has 0 saturated carbocycles. The van der Waals surface area contributed by atoms with Crippen LogP contribution in [0.1, 0.15) is 13.3 Å². The third-order valence-corrected chi connectivity index (χ3v) is 2.24. The molecule has 13 heavy (non-hydrogen) atoms. The molecule has 0 aromatic heterocycles. The number of likely N-dealkylation sites (tertiary alicyclic amines) is 1. The standard InChI is InChI=1S/C8H15NO4/c1-2-5(10)8(13)9-3-6(11)7(12)4-9/h5-7,10-12H,2-4H2,1H3/t5?,6-,7+. The van der Waals surface area contributed by atoms with Crippen molar-refractivity contribution in [3.05, 3.63) is 0 Å². The molecule has 1 fully saturated rings. The molecule has 5 heteroatoms. The van der Waals surface area contributed by atoms with Gasteiger partial charge in [-0.25, -0.2) is 0 Å². The molecule has 0 spiro atoms. The molecule has 1 rings (SSSR count). The Kier molecular flexibility index (Phi) is 3.24. The Hall–Kier alpha value is -0.650. The number of nitrogens with zero attached hydrogens (tertiary/aromatic N) is 1. The van der Waals surface area contributed by atoms with Crippen LogP contribution in [0.25, 0.3) is 0 Å². The van der Waals surface area contributed by atoms with Crippen LogP contribution >= 0.6 is 0 Å². The molecular formula is C8H15NO4. The first-order valence-corrected chi connectivity index (χ1v) is 4.39. The highest BCUT2D eigenvalue weighted by Crippen LogP contribution is 2.11. The van der Waals surface area contributed by atoms with Crippen LogP contribution in [-0.2, 0) is 4.79 Å². The number of hydrogen-bond donors (Lipinski definition) is 3. The van der Waals surface area contributed by atoms with Crippen LogP contribution in [0.2, 0.25) is 0 Å². The van der Waals surface area contributed by atoms with E-state index in [0.29, 0.717) is 6.42 Å². The second-order valence-electron chi connectivity index (χ2n) is 3.30. The number of aliphatic hydroxyl groups excluding tert-OH is 3. The van der Waals surface area contributed by atoms with Crippen LogP contribution < -0.4 is 0 Å². The average molecular weight is 189 g/mol. The molecule has 1 aliphatic rings. The van der Waals surface area contributed by atoms with E-state index in [1.165, 1.54) is 4.90 Å². The zero-order valence-corrected chi connectivity index (χ0v) is 7.55. The summed E-state index contributed by atoms with van der Waals surface area (Å²) in [5.41, 5.74) is 0. The van der Waals surface area contributed by atoms with E-state index in [4.69, 9.17) is 10.2 Å². The third kappa shape index (κ3) is 2.18. The van der Waals surface area contributed by atoms with Crippen molar-refractivity contribution in [2.24, 2.45) is 0 Å². The van der Waals surface area contributed by atoms with E-state index in [-0.39, 0.29) is 13.1 Å². The number of aliphatic hydroxyl groups is 3. The van der Waals surface area contributed by atoms with Gasteiger partial charge in [-0.2, -0.15) is 0 Å². The molecule has 5 nitrogen and oxygen atoms in total. The summed E-state index contributed by atoms with van der Waals surface area (Å²) in [6, 6.07) is 0. The van der Waals surface area contributed by atoms with Gasteiger partial charge in [0.05, 0.1) is 12.2 Å². The van der Waals surface area contributed by atoms with Crippen LogP contribution in [0.4, 0.5) is 0 Å². The summed E-state index contributed by atoms with van der Waals surface area (Å²) in [6.07, 6.45) is -2.43. The Balaban J connectivity index is 2.50. The number of carbonyl (C=O) groups excluding carboxylic acids is 1. The zero-order chi connectivity index (χ0) is 10.0. The molecule has 1 unspecified atom stereocenters. The van der Waals surface area contributed by atoms with Gasteiger partial charge in [0.1, 0.15) is 6.10 Å². The molecule has 0 aromatic carbocycles. The number of β-amino-alcohol motifs (C(OH)–C–C–N with tert-alkyl or cyclic N) is 2. The summed E-state index contributed by atoms with van der Waals surface area (Å²) in [6.45, 7) is 1.92. The lowest BCUT2D eigenvalue weighted by Gasteiger charge is -2.18. The van der Waals surface area contributed by atoms with Crippen molar-refractivity contribution >= 4 is 5.91 Å². The topological polar surface area (TPSA) is 81.0 Å². The van der Waals surface area contributed by atoms with E-state index in [0.717, 1.165) is 0 Å².